The van der Waals surface area contributed by atoms with Crippen molar-refractivity contribution in [3.63, 3.8) is 0 Å². The Morgan fingerprint density at radius 1 is 1.06 bits per heavy atom. The van der Waals surface area contributed by atoms with Crippen molar-refractivity contribution in [3.8, 4) is 16.9 Å². The van der Waals surface area contributed by atoms with E-state index in [0.29, 0.717) is 28.5 Å². The van der Waals surface area contributed by atoms with Gasteiger partial charge >= 0.3 is 5.69 Å². The van der Waals surface area contributed by atoms with E-state index in [1.165, 1.54) is 0 Å². The third kappa shape index (κ3) is 4.47. The molecule has 1 aromatic heterocycles. The zero-order valence-corrected chi connectivity index (χ0v) is 19.7. The van der Waals surface area contributed by atoms with Crippen LogP contribution in [0, 0.1) is 10.1 Å². The van der Waals surface area contributed by atoms with Crippen LogP contribution >= 0.6 is 11.6 Å². The molecule has 4 rings (SSSR count). The fraction of sp³-hybridized carbons (Fsp3) is 0.192. The van der Waals surface area contributed by atoms with Crippen LogP contribution in [0.25, 0.3) is 22.1 Å². The molecule has 0 radical (unpaired) electrons. The van der Waals surface area contributed by atoms with E-state index in [1.807, 2.05) is 38.1 Å². The number of nitro benzene ring substituents is 1. The van der Waals surface area contributed by atoms with E-state index in [1.54, 1.807) is 43.5 Å². The Labute approximate surface area is 201 Å². The molecule has 0 fully saturated rings. The number of benzene rings is 3. The third-order valence-electron chi connectivity index (χ3n) is 5.54. The SMILES string of the molecule is COc1ccc(CNc2ccc3c(=O)c(-c4ccc(Cl)cc4)c(C(C)C)oc3c2[N+](=O)[O-])cc1. The third-order valence-corrected chi connectivity index (χ3v) is 5.80. The maximum absolute atomic E-state index is 13.5. The normalized spacial score (nSPS) is 11.1. The number of anilines is 1. The van der Waals surface area contributed by atoms with E-state index in [0.717, 1.165) is 11.3 Å². The van der Waals surface area contributed by atoms with Crippen molar-refractivity contribution in [2.75, 3.05) is 12.4 Å². The van der Waals surface area contributed by atoms with Gasteiger partial charge in [0.25, 0.3) is 0 Å². The summed E-state index contributed by atoms with van der Waals surface area (Å²) in [6.45, 7) is 4.10. The number of fused-ring (bicyclic) bond motifs is 1. The first-order chi connectivity index (χ1) is 16.3. The van der Waals surface area contributed by atoms with Gasteiger partial charge in [0, 0.05) is 17.5 Å². The van der Waals surface area contributed by atoms with Gasteiger partial charge in [-0.15, -0.1) is 0 Å². The fourth-order valence-electron chi connectivity index (χ4n) is 3.82. The second-order valence-electron chi connectivity index (χ2n) is 8.13. The lowest BCUT2D eigenvalue weighted by Gasteiger charge is -2.14. The lowest BCUT2D eigenvalue weighted by molar-refractivity contribution is -0.382. The second-order valence-corrected chi connectivity index (χ2v) is 8.57. The standard InChI is InChI=1S/C26H23ClN2O5/c1-15(2)25-22(17-6-8-18(27)9-7-17)24(30)20-12-13-21(23(29(31)32)26(20)34-25)28-14-16-4-10-19(33-3)11-5-16/h4-13,15,28H,14H2,1-3H3. The largest absolute Gasteiger partial charge is 0.497 e. The van der Waals surface area contributed by atoms with Crippen LogP contribution in [0.3, 0.4) is 0 Å². The number of nitrogens with one attached hydrogen (secondary N) is 1. The smallest absolute Gasteiger partial charge is 0.335 e. The van der Waals surface area contributed by atoms with Crippen LogP contribution in [-0.4, -0.2) is 12.0 Å². The summed E-state index contributed by atoms with van der Waals surface area (Å²) in [4.78, 5) is 25.1. The summed E-state index contributed by atoms with van der Waals surface area (Å²) in [5.74, 6) is 0.924. The first-order valence-electron chi connectivity index (χ1n) is 10.7. The maximum atomic E-state index is 13.5. The van der Waals surface area contributed by atoms with Gasteiger partial charge in [-0.2, -0.15) is 0 Å². The van der Waals surface area contributed by atoms with Crippen LogP contribution in [0.5, 0.6) is 5.75 Å². The molecule has 1 heterocycles. The van der Waals surface area contributed by atoms with Gasteiger partial charge in [-0.3, -0.25) is 14.9 Å². The number of hydrogen-bond acceptors (Lipinski definition) is 6. The molecule has 0 saturated heterocycles. The summed E-state index contributed by atoms with van der Waals surface area (Å²) in [5.41, 5.74) is 1.57. The molecule has 1 N–H and O–H groups in total. The highest BCUT2D eigenvalue weighted by atomic mass is 35.5. The molecule has 0 spiro atoms. The lowest BCUT2D eigenvalue weighted by Crippen LogP contribution is -2.12. The molecule has 0 unspecified atom stereocenters. The molecule has 0 atom stereocenters. The zero-order chi connectivity index (χ0) is 24.4. The van der Waals surface area contributed by atoms with E-state index >= 15 is 0 Å². The van der Waals surface area contributed by atoms with Gasteiger partial charge < -0.3 is 14.5 Å². The maximum Gasteiger partial charge on any atom is 0.335 e. The first-order valence-corrected chi connectivity index (χ1v) is 11.1. The van der Waals surface area contributed by atoms with E-state index in [-0.39, 0.29) is 33.7 Å². The molecule has 7 nitrogen and oxygen atoms in total. The molecule has 0 aliphatic carbocycles. The predicted molar refractivity (Wildman–Crippen MR) is 134 cm³/mol. The number of ether oxygens (including phenoxy) is 1. The van der Waals surface area contributed by atoms with Crippen molar-refractivity contribution in [3.05, 3.63) is 97.3 Å². The summed E-state index contributed by atoms with van der Waals surface area (Å²) in [6, 6.07) is 17.4. The van der Waals surface area contributed by atoms with Crippen LogP contribution in [-0.2, 0) is 6.54 Å². The summed E-state index contributed by atoms with van der Waals surface area (Å²) in [5, 5.41) is 15.9. The van der Waals surface area contributed by atoms with Crippen molar-refractivity contribution >= 4 is 33.9 Å². The Balaban J connectivity index is 1.84. The molecule has 0 bridgehead atoms. The Morgan fingerprint density at radius 3 is 2.32 bits per heavy atom. The fourth-order valence-corrected chi connectivity index (χ4v) is 3.95. The highest BCUT2D eigenvalue weighted by molar-refractivity contribution is 6.30. The monoisotopic (exact) mass is 478 g/mol. The number of nitro groups is 1. The topological polar surface area (TPSA) is 94.6 Å². The molecule has 34 heavy (non-hydrogen) atoms. The summed E-state index contributed by atoms with van der Waals surface area (Å²) in [6.07, 6.45) is 0. The Bertz CT molecular complexity index is 1410. The zero-order valence-electron chi connectivity index (χ0n) is 18.9. The Hall–Kier alpha value is -3.84. The number of nitrogens with zero attached hydrogens (tertiary/aromatic N) is 1. The summed E-state index contributed by atoms with van der Waals surface area (Å²) in [7, 11) is 1.59. The first kappa shape index (κ1) is 23.3. The molecule has 174 valence electrons. The molecule has 0 aliphatic rings. The molecule has 0 aliphatic heterocycles. The second kappa shape index (κ2) is 9.57. The van der Waals surface area contributed by atoms with Crippen LogP contribution < -0.4 is 15.5 Å². The van der Waals surface area contributed by atoms with Crippen molar-refractivity contribution < 1.29 is 14.1 Å². The number of rotatable bonds is 7. The van der Waals surface area contributed by atoms with Gasteiger partial charge in [-0.25, -0.2) is 0 Å². The Kier molecular flexibility index (Phi) is 6.56. The highest BCUT2D eigenvalue weighted by Crippen LogP contribution is 2.37. The molecule has 0 amide bonds. The summed E-state index contributed by atoms with van der Waals surface area (Å²) < 4.78 is 11.3. The molecule has 0 saturated carbocycles. The quantitative estimate of drug-likeness (QED) is 0.233. The summed E-state index contributed by atoms with van der Waals surface area (Å²) >= 11 is 6.01. The van der Waals surface area contributed by atoms with Gasteiger partial charge in [0.1, 0.15) is 17.2 Å². The van der Waals surface area contributed by atoms with Gasteiger partial charge in [0.15, 0.2) is 0 Å². The van der Waals surface area contributed by atoms with Crippen LogP contribution in [0.2, 0.25) is 5.02 Å². The molecular weight excluding hydrogens is 456 g/mol. The van der Waals surface area contributed by atoms with Crippen molar-refractivity contribution in [2.24, 2.45) is 0 Å². The van der Waals surface area contributed by atoms with Crippen molar-refractivity contribution in [1.29, 1.82) is 0 Å². The van der Waals surface area contributed by atoms with E-state index in [9.17, 15) is 14.9 Å². The van der Waals surface area contributed by atoms with Gasteiger partial charge in [-0.1, -0.05) is 49.7 Å². The van der Waals surface area contributed by atoms with Crippen LogP contribution in [0.15, 0.2) is 69.9 Å². The predicted octanol–water partition coefficient (Wildman–Crippen LogP) is 6.77. The van der Waals surface area contributed by atoms with Crippen LogP contribution in [0.4, 0.5) is 11.4 Å². The van der Waals surface area contributed by atoms with Crippen LogP contribution in [0.1, 0.15) is 31.1 Å². The van der Waals surface area contributed by atoms with E-state index in [2.05, 4.69) is 5.32 Å². The van der Waals surface area contributed by atoms with Gasteiger partial charge in [0.2, 0.25) is 11.0 Å². The lowest BCUT2D eigenvalue weighted by atomic mass is 9.96. The highest BCUT2D eigenvalue weighted by Gasteiger charge is 2.26. The number of hydrogen-bond donors (Lipinski definition) is 1. The average Bonchev–Trinajstić information content (AvgIpc) is 2.83. The molecule has 3 aromatic carbocycles. The van der Waals surface area contributed by atoms with Crippen molar-refractivity contribution in [2.45, 2.75) is 26.3 Å². The van der Waals surface area contributed by atoms with Gasteiger partial charge in [0.05, 0.1) is 23.0 Å². The Morgan fingerprint density at radius 2 is 1.74 bits per heavy atom. The van der Waals surface area contributed by atoms with E-state index in [4.69, 9.17) is 20.8 Å². The van der Waals surface area contributed by atoms with Crippen molar-refractivity contribution in [1.82, 2.24) is 0 Å². The average molecular weight is 479 g/mol. The molecule has 4 aromatic rings. The number of methoxy groups -OCH3 is 1. The minimum absolute atomic E-state index is 0.0452. The number of halogens is 1. The minimum Gasteiger partial charge on any atom is -0.497 e. The van der Waals surface area contributed by atoms with E-state index < -0.39 is 4.92 Å². The molecular formula is C26H23ClN2O5. The van der Waals surface area contributed by atoms with Gasteiger partial charge in [-0.05, 0) is 47.5 Å². The minimum atomic E-state index is -0.520. The molecule has 8 heteroatoms.